The van der Waals surface area contributed by atoms with Gasteiger partial charge in [0.2, 0.25) is 5.91 Å². The molecule has 0 unspecified atom stereocenters. The molecule has 1 N–H and O–H groups in total. The zero-order chi connectivity index (χ0) is 52.3. The smallest absolute Gasteiger partial charge is 0.253 e. The van der Waals surface area contributed by atoms with Crippen molar-refractivity contribution in [2.75, 3.05) is 278 Å². The predicted molar refractivity (Wildman–Crippen MR) is 261 cm³/mol. The Kier molecular flexibility index (Phi) is 55.2. The molecule has 0 bridgehead atoms. The van der Waals surface area contributed by atoms with Gasteiger partial charge < -0.3 is 100 Å². The number of hydrogen-bond acceptors (Lipinski definition) is 23. The predicted octanol–water partition coefficient (Wildman–Crippen LogP) is -0.621. The fourth-order valence-electron chi connectivity index (χ4n) is 5.42. The third-order valence-electron chi connectivity index (χ3n) is 9.16. The number of imide groups is 1. The first-order valence-electron chi connectivity index (χ1n) is 25.4. The van der Waals surface area contributed by atoms with E-state index in [1.165, 1.54) is 12.2 Å². The van der Waals surface area contributed by atoms with E-state index in [9.17, 15) is 14.4 Å². The second kappa shape index (κ2) is 58.8. The molecule has 3 amide bonds. The molecule has 1 heterocycles. The largest absolute Gasteiger partial charge is 0.382 e. The van der Waals surface area contributed by atoms with Crippen molar-refractivity contribution in [2.24, 2.45) is 0 Å². The molecule has 25 heteroatoms. The van der Waals surface area contributed by atoms with Crippen LogP contribution in [0.3, 0.4) is 0 Å². The number of ether oxygens (including phenoxy) is 20. The summed E-state index contributed by atoms with van der Waals surface area (Å²) in [5, 5.41) is 2.68. The molecule has 0 saturated carbocycles. The molecule has 0 aromatic carbocycles. The van der Waals surface area contributed by atoms with Crippen LogP contribution < -0.4 is 5.32 Å². The van der Waals surface area contributed by atoms with Crippen molar-refractivity contribution >= 4 is 17.7 Å². The summed E-state index contributed by atoms with van der Waals surface area (Å²) in [4.78, 5) is 35.8. The zero-order valence-corrected chi connectivity index (χ0v) is 43.7. The summed E-state index contributed by atoms with van der Waals surface area (Å²) >= 11 is 0. The summed E-state index contributed by atoms with van der Waals surface area (Å²) in [6, 6.07) is 0. The molecule has 73 heavy (non-hydrogen) atoms. The van der Waals surface area contributed by atoms with Gasteiger partial charge in [0.15, 0.2) is 0 Å². The number of carbonyl (C=O) groups excluding carboxylic acids is 3. The van der Waals surface area contributed by atoms with Crippen LogP contribution in [0.2, 0.25) is 0 Å². The molecule has 0 spiro atoms. The first-order valence-corrected chi connectivity index (χ1v) is 25.4. The molecule has 1 aliphatic rings. The van der Waals surface area contributed by atoms with E-state index in [4.69, 9.17) is 94.7 Å². The quantitative estimate of drug-likeness (QED) is 0.0589. The van der Waals surface area contributed by atoms with Gasteiger partial charge in [-0.25, -0.2) is 0 Å². The molecule has 0 radical (unpaired) electrons. The second-order valence-electron chi connectivity index (χ2n) is 14.9. The Hall–Kier alpha value is -2.45. The van der Waals surface area contributed by atoms with Crippen molar-refractivity contribution in [3.8, 4) is 0 Å². The molecular formula is C48H90N2O23. The van der Waals surface area contributed by atoms with E-state index in [1.807, 2.05) is 0 Å². The van der Waals surface area contributed by atoms with Crippen LogP contribution in [0.4, 0.5) is 0 Å². The van der Waals surface area contributed by atoms with Gasteiger partial charge in [0, 0.05) is 38.8 Å². The first kappa shape index (κ1) is 68.6. The molecule has 0 fully saturated rings. The van der Waals surface area contributed by atoms with E-state index in [1.54, 1.807) is 7.11 Å². The maximum absolute atomic E-state index is 11.8. The second-order valence-corrected chi connectivity index (χ2v) is 14.9. The van der Waals surface area contributed by atoms with E-state index in [0.29, 0.717) is 264 Å². The number of carbonyl (C=O) groups is 3. The van der Waals surface area contributed by atoms with Crippen molar-refractivity contribution in [2.45, 2.75) is 6.42 Å². The SMILES string of the molecule is COCCOCCOCCOCCOCCOCCOCCOCCOCCOCCOCCOCCOCCOCCOCCOCCOCCOCCOCCOCCNC(=O)CCN1C(=O)C=CC1=O. The summed E-state index contributed by atoms with van der Waals surface area (Å²) < 4.78 is 109. The van der Waals surface area contributed by atoms with E-state index in [-0.39, 0.29) is 18.9 Å². The van der Waals surface area contributed by atoms with Crippen LogP contribution in [0, 0.1) is 0 Å². The normalized spacial score (nSPS) is 12.6. The van der Waals surface area contributed by atoms with Gasteiger partial charge in [-0.05, 0) is 0 Å². The summed E-state index contributed by atoms with van der Waals surface area (Å²) in [5.74, 6) is -1.06. The van der Waals surface area contributed by atoms with Gasteiger partial charge in [0.25, 0.3) is 11.8 Å². The number of nitrogens with zero attached hydrogens (tertiary/aromatic N) is 1. The third kappa shape index (κ3) is 52.8. The van der Waals surface area contributed by atoms with Crippen LogP contribution >= 0.6 is 0 Å². The Bertz CT molecular complexity index is 1200. The Morgan fingerprint density at radius 2 is 0.493 bits per heavy atom. The molecule has 25 nitrogen and oxygen atoms in total. The first-order chi connectivity index (χ1) is 36.1. The van der Waals surface area contributed by atoms with Crippen LogP contribution in [0.1, 0.15) is 6.42 Å². The molecule has 1 rings (SSSR count). The minimum atomic E-state index is -0.401. The number of rotatable bonds is 63. The molecule has 0 aromatic heterocycles. The van der Waals surface area contributed by atoms with Gasteiger partial charge in [-0.15, -0.1) is 0 Å². The van der Waals surface area contributed by atoms with Gasteiger partial charge >= 0.3 is 0 Å². The van der Waals surface area contributed by atoms with Gasteiger partial charge in [0.1, 0.15) is 0 Å². The number of nitrogens with one attached hydrogen (secondary N) is 1. The maximum Gasteiger partial charge on any atom is 0.253 e. The zero-order valence-electron chi connectivity index (χ0n) is 43.7. The highest BCUT2D eigenvalue weighted by molar-refractivity contribution is 6.13. The van der Waals surface area contributed by atoms with E-state index >= 15 is 0 Å². The lowest BCUT2D eigenvalue weighted by atomic mass is 10.3. The fraction of sp³-hybridized carbons (Fsp3) is 0.896. The van der Waals surface area contributed by atoms with Crippen LogP contribution in [0.25, 0.3) is 0 Å². The van der Waals surface area contributed by atoms with Crippen molar-refractivity contribution in [1.82, 2.24) is 10.2 Å². The Morgan fingerprint density at radius 1 is 0.315 bits per heavy atom. The highest BCUT2D eigenvalue weighted by Gasteiger charge is 2.23. The van der Waals surface area contributed by atoms with E-state index < -0.39 is 11.8 Å². The van der Waals surface area contributed by atoms with Crippen LogP contribution in [0.15, 0.2) is 12.2 Å². The number of hydrogen-bond donors (Lipinski definition) is 1. The topological polar surface area (TPSA) is 251 Å². The lowest BCUT2D eigenvalue weighted by Crippen LogP contribution is -2.35. The molecule has 0 aliphatic carbocycles. The Labute approximate surface area is 432 Å². The summed E-state index contributed by atoms with van der Waals surface area (Å²) in [6.45, 7) is 19.1. The highest BCUT2D eigenvalue weighted by atomic mass is 16.6. The molecule has 1 aliphatic heterocycles. The number of methoxy groups -OCH3 is 1. The van der Waals surface area contributed by atoms with Crippen molar-refractivity contribution in [1.29, 1.82) is 0 Å². The Balaban J connectivity index is 1.60. The molecule has 0 atom stereocenters. The monoisotopic (exact) mass is 1060 g/mol. The van der Waals surface area contributed by atoms with Gasteiger partial charge in [-0.1, -0.05) is 0 Å². The summed E-state index contributed by atoms with van der Waals surface area (Å²) in [6.07, 6.45) is 2.43. The molecular weight excluding hydrogens is 973 g/mol. The fourth-order valence-corrected chi connectivity index (χ4v) is 5.42. The Morgan fingerprint density at radius 3 is 0.685 bits per heavy atom. The lowest BCUT2D eigenvalue weighted by Gasteiger charge is -2.13. The average Bonchev–Trinajstić information content (AvgIpc) is 3.72. The van der Waals surface area contributed by atoms with E-state index in [0.717, 1.165) is 4.90 Å². The lowest BCUT2D eigenvalue weighted by molar-refractivity contribution is -0.137. The minimum Gasteiger partial charge on any atom is -0.382 e. The summed E-state index contributed by atoms with van der Waals surface area (Å²) in [5.41, 5.74) is 0. The average molecular weight is 1060 g/mol. The van der Waals surface area contributed by atoms with Crippen molar-refractivity contribution < 1.29 is 109 Å². The van der Waals surface area contributed by atoms with E-state index in [2.05, 4.69) is 5.32 Å². The van der Waals surface area contributed by atoms with Crippen LogP contribution in [-0.2, 0) is 109 Å². The minimum absolute atomic E-state index is 0.0466. The molecule has 0 aromatic rings. The van der Waals surface area contributed by atoms with Crippen LogP contribution in [-0.4, -0.2) is 300 Å². The van der Waals surface area contributed by atoms with Crippen molar-refractivity contribution in [3.63, 3.8) is 0 Å². The van der Waals surface area contributed by atoms with Crippen LogP contribution in [0.5, 0.6) is 0 Å². The maximum atomic E-state index is 11.8. The van der Waals surface area contributed by atoms with Gasteiger partial charge in [-0.2, -0.15) is 0 Å². The highest BCUT2D eigenvalue weighted by Crippen LogP contribution is 2.04. The summed E-state index contributed by atoms with van der Waals surface area (Å²) in [7, 11) is 1.64. The standard InChI is InChI=1S/C48H90N2O23/c1-54-8-9-56-12-13-58-16-17-60-20-21-62-24-25-64-28-29-66-32-33-68-36-37-70-40-41-72-44-45-73-43-42-71-39-38-69-35-34-67-31-30-65-27-26-63-23-22-61-19-18-59-15-14-57-11-10-55-7-5-49-46(51)4-6-50-47(52)2-3-48(50)53/h2-3H,4-45H2,1H3,(H,49,51). The molecule has 430 valence electrons. The number of amides is 3. The van der Waals surface area contributed by atoms with Crippen molar-refractivity contribution in [3.05, 3.63) is 12.2 Å². The van der Waals surface area contributed by atoms with Gasteiger partial charge in [0.05, 0.1) is 258 Å². The molecule has 0 saturated heterocycles. The van der Waals surface area contributed by atoms with Gasteiger partial charge in [-0.3, -0.25) is 19.3 Å². The third-order valence-corrected chi connectivity index (χ3v) is 9.16.